The Morgan fingerprint density at radius 3 is 2.57 bits per heavy atom. The lowest BCUT2D eigenvalue weighted by Crippen LogP contribution is -2.15. The highest BCUT2D eigenvalue weighted by Gasteiger charge is 2.41. The Morgan fingerprint density at radius 2 is 2.00 bits per heavy atom. The number of rotatable bonds is 3. The van der Waals surface area contributed by atoms with Crippen LogP contribution < -0.4 is 0 Å². The minimum atomic E-state index is -4.83. The molecule has 1 aromatic heterocycles. The molecule has 0 fully saturated rings. The van der Waals surface area contributed by atoms with Crippen LogP contribution in [0.25, 0.3) is 5.69 Å². The first-order valence-corrected chi connectivity index (χ1v) is 6.19. The van der Waals surface area contributed by atoms with Crippen LogP contribution in [0, 0.1) is 0 Å². The van der Waals surface area contributed by atoms with Gasteiger partial charge in [-0.05, 0) is 19.1 Å². The summed E-state index contributed by atoms with van der Waals surface area (Å²) in [5.74, 6) is -1.19. The van der Waals surface area contributed by atoms with Gasteiger partial charge in [0.25, 0.3) is 0 Å². The van der Waals surface area contributed by atoms with Crippen LogP contribution in [0.4, 0.5) is 13.2 Å². The molecule has 0 bridgehead atoms. The third-order valence-corrected chi connectivity index (χ3v) is 2.74. The number of para-hydroxylation sites is 1. The van der Waals surface area contributed by atoms with Crippen LogP contribution in [-0.2, 0) is 10.9 Å². The van der Waals surface area contributed by atoms with Crippen molar-refractivity contribution in [1.29, 1.82) is 0 Å². The van der Waals surface area contributed by atoms with E-state index in [1.165, 1.54) is 19.1 Å². The quantitative estimate of drug-likeness (QED) is 0.816. The molecule has 9 heteroatoms. The van der Waals surface area contributed by atoms with Crippen molar-refractivity contribution in [3.8, 4) is 5.69 Å². The predicted molar refractivity (Wildman–Crippen MR) is 67.3 cm³/mol. The molecular weight excluding hydrogens is 311 g/mol. The topological polar surface area (TPSA) is 57.0 Å². The molecule has 0 amide bonds. The van der Waals surface area contributed by atoms with Gasteiger partial charge in [0.05, 0.1) is 11.6 Å². The molecule has 2 aromatic rings. The van der Waals surface area contributed by atoms with Crippen molar-refractivity contribution in [2.24, 2.45) is 0 Å². The Morgan fingerprint density at radius 1 is 1.33 bits per heavy atom. The van der Waals surface area contributed by atoms with Crippen LogP contribution in [0.2, 0.25) is 5.02 Å². The van der Waals surface area contributed by atoms with Gasteiger partial charge < -0.3 is 4.74 Å². The number of ether oxygens (including phenoxy) is 1. The van der Waals surface area contributed by atoms with Crippen molar-refractivity contribution in [1.82, 2.24) is 15.0 Å². The molecule has 21 heavy (non-hydrogen) atoms. The Bertz CT molecular complexity index is 670. The molecule has 0 aliphatic rings. The number of nitrogens with zero attached hydrogens (tertiary/aromatic N) is 3. The van der Waals surface area contributed by atoms with Gasteiger partial charge in [-0.2, -0.15) is 13.2 Å². The molecule has 0 atom stereocenters. The smallest absolute Gasteiger partial charge is 0.437 e. The largest absolute Gasteiger partial charge is 0.461 e. The van der Waals surface area contributed by atoms with E-state index in [-0.39, 0.29) is 17.3 Å². The Hall–Kier alpha value is -2.09. The molecule has 0 aliphatic carbocycles. The number of esters is 1. The Labute approximate surface area is 122 Å². The molecule has 5 nitrogen and oxygen atoms in total. The summed E-state index contributed by atoms with van der Waals surface area (Å²) in [5, 5.41) is 7.01. The van der Waals surface area contributed by atoms with Crippen molar-refractivity contribution < 1.29 is 22.7 Å². The average Bonchev–Trinajstić information content (AvgIpc) is 2.84. The maximum Gasteiger partial charge on any atom is 0.437 e. The first-order valence-electron chi connectivity index (χ1n) is 5.81. The van der Waals surface area contributed by atoms with Crippen LogP contribution in [-0.4, -0.2) is 27.6 Å². The van der Waals surface area contributed by atoms with Crippen molar-refractivity contribution in [3.63, 3.8) is 0 Å². The van der Waals surface area contributed by atoms with E-state index < -0.39 is 23.5 Å². The fourth-order valence-corrected chi connectivity index (χ4v) is 1.77. The van der Waals surface area contributed by atoms with Crippen LogP contribution >= 0.6 is 11.6 Å². The molecule has 0 N–H and O–H groups in total. The summed E-state index contributed by atoms with van der Waals surface area (Å²) in [5.41, 5.74) is -2.19. The minimum Gasteiger partial charge on any atom is -0.461 e. The lowest BCUT2D eigenvalue weighted by molar-refractivity contribution is -0.141. The normalized spacial score (nSPS) is 11.5. The summed E-state index contributed by atoms with van der Waals surface area (Å²) in [6.07, 6.45) is -4.83. The highest BCUT2D eigenvalue weighted by molar-refractivity contribution is 6.32. The molecule has 0 spiro atoms. The van der Waals surface area contributed by atoms with E-state index in [0.29, 0.717) is 4.80 Å². The number of aromatic nitrogens is 3. The van der Waals surface area contributed by atoms with Gasteiger partial charge in [0.2, 0.25) is 11.4 Å². The van der Waals surface area contributed by atoms with Gasteiger partial charge in [0.1, 0.15) is 5.69 Å². The van der Waals surface area contributed by atoms with E-state index in [0.717, 1.165) is 0 Å². The lowest BCUT2D eigenvalue weighted by atomic mass is 10.3. The third kappa shape index (κ3) is 3.15. The zero-order chi connectivity index (χ0) is 15.6. The number of alkyl halides is 3. The lowest BCUT2D eigenvalue weighted by Gasteiger charge is -2.03. The Kier molecular flexibility index (Phi) is 4.17. The first-order chi connectivity index (χ1) is 9.84. The monoisotopic (exact) mass is 319 g/mol. The number of benzene rings is 1. The molecule has 1 heterocycles. The number of hydrogen-bond donors (Lipinski definition) is 0. The molecule has 112 valence electrons. The molecule has 0 saturated heterocycles. The maximum absolute atomic E-state index is 12.9. The Balaban J connectivity index is 2.56. The van der Waals surface area contributed by atoms with Crippen molar-refractivity contribution in [2.75, 3.05) is 6.61 Å². The predicted octanol–water partition coefficient (Wildman–Crippen LogP) is 3.12. The van der Waals surface area contributed by atoms with E-state index in [2.05, 4.69) is 14.9 Å². The number of hydrogen-bond acceptors (Lipinski definition) is 4. The van der Waals surface area contributed by atoms with Crippen molar-refractivity contribution >= 4 is 17.6 Å². The van der Waals surface area contributed by atoms with E-state index >= 15 is 0 Å². The number of carbonyl (C=O) groups is 1. The molecular formula is C12H9ClF3N3O2. The summed E-state index contributed by atoms with van der Waals surface area (Å²) in [6.45, 7) is 1.40. The summed E-state index contributed by atoms with van der Waals surface area (Å²) in [6, 6.07) is 6.06. The van der Waals surface area contributed by atoms with Crippen molar-refractivity contribution in [3.05, 3.63) is 40.7 Å². The van der Waals surface area contributed by atoms with Gasteiger partial charge in [-0.15, -0.1) is 15.0 Å². The second-order valence-corrected chi connectivity index (χ2v) is 4.26. The molecule has 1 aromatic carbocycles. The van der Waals surface area contributed by atoms with Gasteiger partial charge in [0, 0.05) is 0 Å². The van der Waals surface area contributed by atoms with E-state index in [1.807, 2.05) is 0 Å². The molecule has 0 aliphatic heterocycles. The van der Waals surface area contributed by atoms with Gasteiger partial charge in [-0.25, -0.2) is 4.79 Å². The van der Waals surface area contributed by atoms with Gasteiger partial charge >= 0.3 is 12.1 Å². The summed E-state index contributed by atoms with van der Waals surface area (Å²) >= 11 is 5.88. The SMILES string of the molecule is CCOC(=O)c1nn(-c2ccccc2Cl)nc1C(F)(F)F. The summed E-state index contributed by atoms with van der Waals surface area (Å²) in [4.78, 5) is 12.2. The minimum absolute atomic E-state index is 0.0743. The zero-order valence-corrected chi connectivity index (χ0v) is 11.4. The fourth-order valence-electron chi connectivity index (χ4n) is 1.56. The van der Waals surface area contributed by atoms with Gasteiger partial charge in [0.15, 0.2) is 0 Å². The van der Waals surface area contributed by atoms with E-state index in [4.69, 9.17) is 11.6 Å². The summed E-state index contributed by atoms with van der Waals surface area (Å²) in [7, 11) is 0. The number of carbonyl (C=O) groups excluding carboxylic acids is 1. The van der Waals surface area contributed by atoms with Crippen LogP contribution in [0.15, 0.2) is 24.3 Å². The summed E-state index contributed by atoms with van der Waals surface area (Å²) < 4.78 is 43.3. The molecule has 0 saturated carbocycles. The fraction of sp³-hybridized carbons (Fsp3) is 0.250. The second kappa shape index (κ2) is 5.72. The maximum atomic E-state index is 12.9. The van der Waals surface area contributed by atoms with Gasteiger partial charge in [-0.1, -0.05) is 23.7 Å². The molecule has 2 rings (SSSR count). The molecule has 0 radical (unpaired) electrons. The third-order valence-electron chi connectivity index (χ3n) is 2.42. The highest BCUT2D eigenvalue weighted by Crippen LogP contribution is 2.31. The van der Waals surface area contributed by atoms with E-state index in [1.54, 1.807) is 12.1 Å². The standard InChI is InChI=1S/C12H9ClF3N3O2/c1-2-21-11(20)9-10(12(14,15)16)18-19(17-9)8-6-4-3-5-7(8)13/h3-6H,2H2,1H3. The van der Waals surface area contributed by atoms with Gasteiger partial charge in [-0.3, -0.25) is 0 Å². The van der Waals surface area contributed by atoms with E-state index in [9.17, 15) is 18.0 Å². The number of halogens is 4. The van der Waals surface area contributed by atoms with Crippen LogP contribution in [0.1, 0.15) is 23.1 Å². The second-order valence-electron chi connectivity index (χ2n) is 3.86. The van der Waals surface area contributed by atoms with Crippen LogP contribution in [0.5, 0.6) is 0 Å². The molecule has 0 unspecified atom stereocenters. The van der Waals surface area contributed by atoms with Crippen LogP contribution in [0.3, 0.4) is 0 Å². The van der Waals surface area contributed by atoms with Crippen molar-refractivity contribution in [2.45, 2.75) is 13.1 Å². The highest BCUT2D eigenvalue weighted by atomic mass is 35.5. The zero-order valence-electron chi connectivity index (χ0n) is 10.7. The first kappa shape index (κ1) is 15.3. The average molecular weight is 320 g/mol.